The lowest BCUT2D eigenvalue weighted by molar-refractivity contribution is -0.118. The van der Waals surface area contributed by atoms with Crippen LogP contribution in [0.4, 0.5) is 5.69 Å². The van der Waals surface area contributed by atoms with Gasteiger partial charge in [-0.05, 0) is 29.8 Å². The lowest BCUT2D eigenvalue weighted by Gasteiger charge is -2.12. The van der Waals surface area contributed by atoms with Gasteiger partial charge in [0.05, 0.1) is 30.3 Å². The lowest BCUT2D eigenvalue weighted by atomic mass is 10.1. The van der Waals surface area contributed by atoms with E-state index in [2.05, 4.69) is 5.32 Å². The van der Waals surface area contributed by atoms with Crippen molar-refractivity contribution in [2.45, 2.75) is 12.5 Å². The zero-order valence-electron chi connectivity index (χ0n) is 11.8. The van der Waals surface area contributed by atoms with Gasteiger partial charge in [0, 0.05) is 11.1 Å². The number of carbonyl (C=O) groups is 1. The molecule has 0 aromatic heterocycles. The van der Waals surface area contributed by atoms with Crippen LogP contribution in [0.3, 0.4) is 0 Å². The second-order valence-electron chi connectivity index (χ2n) is 4.67. The third-order valence-corrected chi connectivity index (χ3v) is 3.65. The first kappa shape index (κ1) is 16.6. The molecule has 2 N–H and O–H groups in total. The van der Waals surface area contributed by atoms with Crippen molar-refractivity contribution in [1.82, 2.24) is 0 Å². The Morgan fingerprint density at radius 1 is 1.23 bits per heavy atom. The van der Waals surface area contributed by atoms with Crippen molar-refractivity contribution in [2.75, 3.05) is 12.4 Å². The number of rotatable bonds is 5. The van der Waals surface area contributed by atoms with Gasteiger partial charge in [-0.1, -0.05) is 35.3 Å². The van der Waals surface area contributed by atoms with Crippen LogP contribution in [-0.4, -0.2) is 18.1 Å². The Morgan fingerprint density at radius 3 is 2.50 bits per heavy atom. The van der Waals surface area contributed by atoms with Crippen LogP contribution in [0.15, 0.2) is 42.5 Å². The molecule has 0 heterocycles. The molecular formula is C16H15Cl2NO3. The number of hydrogen-bond acceptors (Lipinski definition) is 3. The summed E-state index contributed by atoms with van der Waals surface area (Å²) < 4.78 is 5.04. The van der Waals surface area contributed by atoms with Crippen LogP contribution < -0.4 is 10.1 Å². The molecule has 0 bridgehead atoms. The number of anilines is 1. The molecule has 2 rings (SSSR count). The van der Waals surface area contributed by atoms with Crippen LogP contribution in [0.2, 0.25) is 10.0 Å². The normalized spacial score (nSPS) is 11.8. The van der Waals surface area contributed by atoms with Gasteiger partial charge in [0.2, 0.25) is 5.91 Å². The van der Waals surface area contributed by atoms with Gasteiger partial charge in [-0.25, -0.2) is 0 Å². The molecule has 0 radical (unpaired) electrons. The van der Waals surface area contributed by atoms with E-state index in [1.807, 2.05) is 0 Å². The largest absolute Gasteiger partial charge is 0.497 e. The van der Waals surface area contributed by atoms with Crippen molar-refractivity contribution < 1.29 is 14.6 Å². The van der Waals surface area contributed by atoms with E-state index in [1.54, 1.807) is 42.5 Å². The van der Waals surface area contributed by atoms with E-state index in [4.69, 9.17) is 27.9 Å². The Balaban J connectivity index is 1.99. The predicted octanol–water partition coefficient (Wildman–Crippen LogP) is 4.06. The van der Waals surface area contributed by atoms with Crippen LogP contribution in [0.5, 0.6) is 5.75 Å². The van der Waals surface area contributed by atoms with Crippen LogP contribution in [0.25, 0.3) is 0 Å². The molecule has 1 atom stereocenters. The molecule has 0 fully saturated rings. The highest BCUT2D eigenvalue weighted by Crippen LogP contribution is 2.27. The number of hydrogen-bond donors (Lipinski definition) is 2. The topological polar surface area (TPSA) is 58.6 Å². The Hall–Kier alpha value is -1.75. The van der Waals surface area contributed by atoms with Crippen LogP contribution in [-0.2, 0) is 4.79 Å². The zero-order chi connectivity index (χ0) is 16.1. The third-order valence-electron chi connectivity index (χ3n) is 3.08. The number of amides is 1. The minimum absolute atomic E-state index is 0.0794. The minimum atomic E-state index is -0.908. The predicted molar refractivity (Wildman–Crippen MR) is 87.7 cm³/mol. The summed E-state index contributed by atoms with van der Waals surface area (Å²) in [5.41, 5.74) is 1.09. The van der Waals surface area contributed by atoms with E-state index in [0.29, 0.717) is 27.0 Å². The summed E-state index contributed by atoms with van der Waals surface area (Å²) >= 11 is 11.8. The molecule has 2 aromatic rings. The van der Waals surface area contributed by atoms with Gasteiger partial charge in [0.25, 0.3) is 0 Å². The average molecular weight is 340 g/mol. The molecule has 4 nitrogen and oxygen atoms in total. The van der Waals surface area contributed by atoms with Crippen LogP contribution >= 0.6 is 23.2 Å². The Bertz CT molecular complexity index is 659. The number of ether oxygens (including phenoxy) is 1. The fourth-order valence-electron chi connectivity index (χ4n) is 1.90. The molecule has 2 aromatic carbocycles. The van der Waals surface area contributed by atoms with Gasteiger partial charge in [0.1, 0.15) is 5.75 Å². The summed E-state index contributed by atoms with van der Waals surface area (Å²) in [7, 11) is 1.53. The molecule has 1 amide bonds. The van der Waals surface area contributed by atoms with E-state index in [9.17, 15) is 9.90 Å². The summed E-state index contributed by atoms with van der Waals surface area (Å²) in [5, 5.41) is 13.7. The maximum absolute atomic E-state index is 12.0. The second-order valence-corrected chi connectivity index (χ2v) is 5.51. The molecule has 116 valence electrons. The van der Waals surface area contributed by atoms with Gasteiger partial charge < -0.3 is 15.2 Å². The highest BCUT2D eigenvalue weighted by Gasteiger charge is 2.14. The first-order chi connectivity index (χ1) is 10.5. The first-order valence-electron chi connectivity index (χ1n) is 6.56. The molecule has 0 aliphatic heterocycles. The van der Waals surface area contributed by atoms with Gasteiger partial charge in [-0.2, -0.15) is 0 Å². The third kappa shape index (κ3) is 4.37. The molecule has 0 spiro atoms. The minimum Gasteiger partial charge on any atom is -0.497 e. The van der Waals surface area contributed by atoms with E-state index >= 15 is 0 Å². The van der Waals surface area contributed by atoms with Crippen LogP contribution in [0.1, 0.15) is 18.1 Å². The number of halogens is 2. The van der Waals surface area contributed by atoms with E-state index in [0.717, 1.165) is 0 Å². The number of aliphatic hydroxyl groups is 1. The molecular weight excluding hydrogens is 325 g/mol. The molecule has 0 aliphatic rings. The standard InChI is InChI=1S/C16H15Cl2NO3/c1-22-12-6-7-14(13(18)8-12)19-16(21)9-15(20)10-2-4-11(17)5-3-10/h2-8,15,20H,9H2,1H3,(H,19,21). The zero-order valence-corrected chi connectivity index (χ0v) is 13.4. The number of methoxy groups -OCH3 is 1. The summed E-state index contributed by atoms with van der Waals surface area (Å²) in [6, 6.07) is 11.6. The molecule has 0 aliphatic carbocycles. The summed E-state index contributed by atoms with van der Waals surface area (Å²) in [5.74, 6) is 0.263. The fourth-order valence-corrected chi connectivity index (χ4v) is 2.25. The van der Waals surface area contributed by atoms with Crippen molar-refractivity contribution in [2.24, 2.45) is 0 Å². The Morgan fingerprint density at radius 2 is 1.91 bits per heavy atom. The van der Waals surface area contributed by atoms with Crippen LogP contribution in [0, 0.1) is 0 Å². The van der Waals surface area contributed by atoms with E-state index in [-0.39, 0.29) is 12.3 Å². The van der Waals surface area contributed by atoms with Crippen molar-refractivity contribution in [3.63, 3.8) is 0 Å². The van der Waals surface area contributed by atoms with Gasteiger partial charge in [-0.15, -0.1) is 0 Å². The molecule has 6 heteroatoms. The quantitative estimate of drug-likeness (QED) is 0.863. The molecule has 1 unspecified atom stereocenters. The van der Waals surface area contributed by atoms with Gasteiger partial charge in [0.15, 0.2) is 0 Å². The number of benzene rings is 2. The Labute approximate surface area is 138 Å². The molecule has 0 saturated heterocycles. The van der Waals surface area contributed by atoms with E-state index < -0.39 is 6.10 Å². The summed E-state index contributed by atoms with van der Waals surface area (Å²) in [6.45, 7) is 0. The summed E-state index contributed by atoms with van der Waals surface area (Å²) in [4.78, 5) is 12.0. The maximum Gasteiger partial charge on any atom is 0.227 e. The highest BCUT2D eigenvalue weighted by atomic mass is 35.5. The van der Waals surface area contributed by atoms with Crippen molar-refractivity contribution >= 4 is 34.8 Å². The number of nitrogens with one attached hydrogen (secondary N) is 1. The van der Waals surface area contributed by atoms with Crippen molar-refractivity contribution in [1.29, 1.82) is 0 Å². The molecule has 22 heavy (non-hydrogen) atoms. The fraction of sp³-hybridized carbons (Fsp3) is 0.188. The average Bonchev–Trinajstić information content (AvgIpc) is 2.49. The maximum atomic E-state index is 12.0. The first-order valence-corrected chi connectivity index (χ1v) is 7.32. The summed E-state index contributed by atoms with van der Waals surface area (Å²) in [6.07, 6.45) is -0.987. The lowest BCUT2D eigenvalue weighted by Crippen LogP contribution is -2.15. The monoisotopic (exact) mass is 339 g/mol. The SMILES string of the molecule is COc1ccc(NC(=O)CC(O)c2ccc(Cl)cc2)c(Cl)c1. The van der Waals surface area contributed by atoms with Crippen molar-refractivity contribution in [3.8, 4) is 5.75 Å². The molecule has 0 saturated carbocycles. The highest BCUT2D eigenvalue weighted by molar-refractivity contribution is 6.33. The van der Waals surface area contributed by atoms with Crippen molar-refractivity contribution in [3.05, 3.63) is 58.1 Å². The van der Waals surface area contributed by atoms with Gasteiger partial charge in [-0.3, -0.25) is 4.79 Å². The number of carbonyl (C=O) groups excluding carboxylic acids is 1. The van der Waals surface area contributed by atoms with E-state index in [1.165, 1.54) is 7.11 Å². The second kappa shape index (κ2) is 7.49. The number of aliphatic hydroxyl groups excluding tert-OH is 1. The Kier molecular flexibility index (Phi) is 5.66. The van der Waals surface area contributed by atoms with Gasteiger partial charge >= 0.3 is 0 Å². The smallest absolute Gasteiger partial charge is 0.227 e.